The average molecular weight is 218 g/mol. The Bertz CT molecular complexity index is 589. The number of H-pyrrole nitrogens is 1. The summed E-state index contributed by atoms with van der Waals surface area (Å²) in [5.41, 5.74) is 2.74. The lowest BCUT2D eigenvalue weighted by Crippen LogP contribution is -2.24. The summed E-state index contributed by atoms with van der Waals surface area (Å²) in [5, 5.41) is 0.552. The van der Waals surface area contributed by atoms with E-state index in [4.69, 9.17) is 0 Å². The first-order valence-corrected chi connectivity index (χ1v) is 4.68. The average Bonchev–Trinajstić information content (AvgIpc) is 2.29. The van der Waals surface area contributed by atoms with Gasteiger partial charge in [-0.05, 0) is 12.1 Å². The fraction of sp³-hybridized carbons (Fsp3) is 0.0909. The summed E-state index contributed by atoms with van der Waals surface area (Å²) in [5.74, 6) is -0.481. The standard InChI is InChI=1S/C11H10N2O3/c1-16-13-11(15)9-6-10(14)7-4-2-3-5-8(7)12-9/h2-6H,1H3,(H,12,14)(H,13,15). The molecular weight excluding hydrogens is 208 g/mol. The van der Waals surface area contributed by atoms with Crippen LogP contribution in [0.1, 0.15) is 10.5 Å². The van der Waals surface area contributed by atoms with Crippen molar-refractivity contribution in [2.45, 2.75) is 0 Å². The molecule has 0 aliphatic carbocycles. The van der Waals surface area contributed by atoms with Crippen molar-refractivity contribution in [1.82, 2.24) is 10.5 Å². The van der Waals surface area contributed by atoms with Crippen molar-refractivity contribution in [3.05, 3.63) is 46.2 Å². The molecule has 2 aromatic rings. The van der Waals surface area contributed by atoms with Gasteiger partial charge in [0.25, 0.3) is 5.91 Å². The number of nitrogens with one attached hydrogen (secondary N) is 2. The second-order valence-corrected chi connectivity index (χ2v) is 3.23. The smallest absolute Gasteiger partial charge is 0.291 e. The molecule has 5 heteroatoms. The second-order valence-electron chi connectivity index (χ2n) is 3.23. The van der Waals surface area contributed by atoms with E-state index in [-0.39, 0.29) is 11.1 Å². The van der Waals surface area contributed by atoms with Crippen LogP contribution >= 0.6 is 0 Å². The highest BCUT2D eigenvalue weighted by atomic mass is 16.6. The van der Waals surface area contributed by atoms with E-state index in [1.54, 1.807) is 24.3 Å². The Morgan fingerprint density at radius 2 is 2.12 bits per heavy atom. The van der Waals surface area contributed by atoms with Gasteiger partial charge in [-0.25, -0.2) is 5.48 Å². The Morgan fingerprint density at radius 1 is 1.38 bits per heavy atom. The molecule has 82 valence electrons. The number of hydrogen-bond acceptors (Lipinski definition) is 3. The first-order chi connectivity index (χ1) is 7.72. The molecule has 0 spiro atoms. The van der Waals surface area contributed by atoms with Gasteiger partial charge in [-0.2, -0.15) is 0 Å². The molecule has 1 heterocycles. The summed E-state index contributed by atoms with van der Waals surface area (Å²) in [6.07, 6.45) is 0. The van der Waals surface area contributed by atoms with Gasteiger partial charge >= 0.3 is 0 Å². The number of carbonyl (C=O) groups excluding carboxylic acids is 1. The van der Waals surface area contributed by atoms with Gasteiger partial charge < -0.3 is 4.98 Å². The lowest BCUT2D eigenvalue weighted by atomic mass is 10.2. The van der Waals surface area contributed by atoms with Gasteiger partial charge in [-0.1, -0.05) is 12.1 Å². The monoisotopic (exact) mass is 218 g/mol. The lowest BCUT2D eigenvalue weighted by Gasteiger charge is -2.03. The molecule has 1 aromatic heterocycles. The van der Waals surface area contributed by atoms with Gasteiger partial charge in [0.1, 0.15) is 5.69 Å². The Labute approximate surface area is 91.0 Å². The molecule has 0 radical (unpaired) electrons. The normalized spacial score (nSPS) is 10.3. The maximum atomic E-state index is 11.7. The van der Waals surface area contributed by atoms with Crippen molar-refractivity contribution in [2.75, 3.05) is 7.11 Å². The van der Waals surface area contributed by atoms with Crippen LogP contribution in [0, 0.1) is 0 Å². The molecule has 0 aliphatic rings. The predicted molar refractivity (Wildman–Crippen MR) is 59.0 cm³/mol. The maximum Gasteiger partial charge on any atom is 0.291 e. The second kappa shape index (κ2) is 4.16. The summed E-state index contributed by atoms with van der Waals surface area (Å²) in [6, 6.07) is 8.24. The Morgan fingerprint density at radius 3 is 2.88 bits per heavy atom. The van der Waals surface area contributed by atoms with Crippen molar-refractivity contribution in [3.8, 4) is 0 Å². The van der Waals surface area contributed by atoms with E-state index < -0.39 is 5.91 Å². The number of hydrogen-bond donors (Lipinski definition) is 2. The van der Waals surface area contributed by atoms with E-state index in [2.05, 4.69) is 15.3 Å². The molecule has 0 saturated carbocycles. The van der Waals surface area contributed by atoms with E-state index in [1.807, 2.05) is 0 Å². The van der Waals surface area contributed by atoms with Gasteiger partial charge in [0.15, 0.2) is 5.43 Å². The molecule has 0 aliphatic heterocycles. The Balaban J connectivity index is 2.58. The highest BCUT2D eigenvalue weighted by Crippen LogP contribution is 2.06. The van der Waals surface area contributed by atoms with E-state index in [0.717, 1.165) is 0 Å². The first-order valence-electron chi connectivity index (χ1n) is 4.68. The fourth-order valence-electron chi connectivity index (χ4n) is 1.47. The number of pyridine rings is 1. The molecule has 0 atom stereocenters. The van der Waals surface area contributed by atoms with Crippen LogP contribution in [-0.2, 0) is 4.84 Å². The van der Waals surface area contributed by atoms with Crippen molar-refractivity contribution in [3.63, 3.8) is 0 Å². The van der Waals surface area contributed by atoms with Crippen molar-refractivity contribution in [1.29, 1.82) is 0 Å². The summed E-state index contributed by atoms with van der Waals surface area (Å²) in [4.78, 5) is 30.5. The number of carbonyl (C=O) groups is 1. The summed E-state index contributed by atoms with van der Waals surface area (Å²) >= 11 is 0. The largest absolute Gasteiger partial charge is 0.350 e. The zero-order valence-electron chi connectivity index (χ0n) is 8.61. The molecular formula is C11H10N2O3. The lowest BCUT2D eigenvalue weighted by molar-refractivity contribution is 0.0532. The van der Waals surface area contributed by atoms with Gasteiger partial charge in [0.05, 0.1) is 7.11 Å². The van der Waals surface area contributed by atoms with Crippen LogP contribution in [0.5, 0.6) is 0 Å². The molecule has 1 amide bonds. The number of rotatable bonds is 2. The third-order valence-corrected chi connectivity index (χ3v) is 2.18. The van der Waals surface area contributed by atoms with Gasteiger partial charge in [-0.15, -0.1) is 0 Å². The molecule has 0 bridgehead atoms. The van der Waals surface area contributed by atoms with E-state index in [0.29, 0.717) is 10.9 Å². The van der Waals surface area contributed by atoms with E-state index in [9.17, 15) is 9.59 Å². The minimum absolute atomic E-state index is 0.172. The molecule has 0 fully saturated rings. The van der Waals surface area contributed by atoms with Crippen molar-refractivity contribution >= 4 is 16.8 Å². The zero-order valence-corrected chi connectivity index (χ0v) is 8.61. The van der Waals surface area contributed by atoms with Crippen molar-refractivity contribution < 1.29 is 9.63 Å². The molecule has 2 rings (SSSR count). The van der Waals surface area contributed by atoms with Crippen LogP contribution in [0.25, 0.3) is 10.9 Å². The third kappa shape index (κ3) is 1.80. The molecule has 0 saturated heterocycles. The van der Waals surface area contributed by atoms with Gasteiger partial charge in [-0.3, -0.25) is 14.4 Å². The van der Waals surface area contributed by atoms with Gasteiger partial charge in [0.2, 0.25) is 0 Å². The van der Waals surface area contributed by atoms with Crippen LogP contribution in [0.15, 0.2) is 35.1 Å². The molecule has 16 heavy (non-hydrogen) atoms. The minimum Gasteiger partial charge on any atom is -0.350 e. The van der Waals surface area contributed by atoms with Crippen molar-refractivity contribution in [2.24, 2.45) is 0 Å². The van der Waals surface area contributed by atoms with E-state index >= 15 is 0 Å². The Kier molecular flexibility index (Phi) is 2.70. The zero-order chi connectivity index (χ0) is 11.5. The SMILES string of the molecule is CONC(=O)c1cc(=O)c2ccccc2[nH]1. The number of aromatic nitrogens is 1. The number of para-hydroxylation sites is 1. The number of amides is 1. The third-order valence-electron chi connectivity index (χ3n) is 2.18. The molecule has 5 nitrogen and oxygen atoms in total. The number of fused-ring (bicyclic) bond motifs is 1. The minimum atomic E-state index is -0.481. The van der Waals surface area contributed by atoms with E-state index in [1.165, 1.54) is 13.2 Å². The highest BCUT2D eigenvalue weighted by molar-refractivity contribution is 5.94. The summed E-state index contributed by atoms with van der Waals surface area (Å²) < 4.78 is 0. The fourth-order valence-corrected chi connectivity index (χ4v) is 1.47. The number of hydroxylamine groups is 1. The Hall–Kier alpha value is -2.14. The molecule has 1 aromatic carbocycles. The number of benzene rings is 1. The first kappa shape index (κ1) is 10.4. The summed E-state index contributed by atoms with van der Waals surface area (Å²) in [6.45, 7) is 0. The van der Waals surface area contributed by atoms with Crippen LogP contribution in [0.3, 0.4) is 0 Å². The highest BCUT2D eigenvalue weighted by Gasteiger charge is 2.08. The maximum absolute atomic E-state index is 11.7. The van der Waals surface area contributed by atoms with Crippen LogP contribution in [-0.4, -0.2) is 18.0 Å². The topological polar surface area (TPSA) is 71.2 Å². The quantitative estimate of drug-likeness (QED) is 0.733. The predicted octanol–water partition coefficient (Wildman–Crippen LogP) is 0.819. The van der Waals surface area contributed by atoms with Crippen LogP contribution < -0.4 is 10.9 Å². The molecule has 2 N–H and O–H groups in total. The molecule has 0 unspecified atom stereocenters. The summed E-state index contributed by atoms with van der Waals surface area (Å²) in [7, 11) is 1.33. The number of aromatic amines is 1. The van der Waals surface area contributed by atoms with Crippen LogP contribution in [0.4, 0.5) is 0 Å². The van der Waals surface area contributed by atoms with Crippen LogP contribution in [0.2, 0.25) is 0 Å². The van der Waals surface area contributed by atoms with Gasteiger partial charge in [0, 0.05) is 17.0 Å².